The summed E-state index contributed by atoms with van der Waals surface area (Å²) in [5.41, 5.74) is -2.23. The second kappa shape index (κ2) is 15.3. The van der Waals surface area contributed by atoms with E-state index in [1.807, 2.05) is 24.3 Å². The molecule has 0 heterocycles. The molecule has 2 aliphatic rings. The van der Waals surface area contributed by atoms with E-state index in [0.717, 1.165) is 12.8 Å². The van der Waals surface area contributed by atoms with Crippen molar-refractivity contribution in [2.24, 2.45) is 0 Å². The van der Waals surface area contributed by atoms with E-state index in [1.165, 1.54) is 0 Å². The van der Waals surface area contributed by atoms with Crippen LogP contribution in [0, 0.1) is 23.8 Å². The molecule has 0 unspecified atom stereocenters. The molecule has 0 atom stereocenters. The Morgan fingerprint density at radius 1 is 0.629 bits per heavy atom. The molecule has 0 fully saturated rings. The van der Waals surface area contributed by atoms with Gasteiger partial charge in [0.25, 0.3) is 0 Å². The first kappa shape index (κ1) is 32.3. The fraction of sp³-hybridized carbons (Fsp3) is 0.167. The smallest absolute Gasteiger partial charge is 0.505 e. The molecule has 11 heteroatoms. The van der Waals surface area contributed by atoms with Crippen molar-refractivity contribution in [3.05, 3.63) is 108 Å². The van der Waals surface area contributed by atoms with Gasteiger partial charge in [-0.15, -0.1) is 12.8 Å². The van der Waals surface area contributed by atoms with Crippen LogP contribution in [0.1, 0.15) is 24.0 Å². The molecular formula is C24H18F8O2Zr. The number of phenolic OH excluding ortho intramolecular Hbond substituents is 2. The number of benzene rings is 2. The van der Waals surface area contributed by atoms with Gasteiger partial charge in [0, 0.05) is 0 Å². The second-order valence-electron chi connectivity index (χ2n) is 6.33. The number of hydrogen-bond acceptors (Lipinski definition) is 2. The summed E-state index contributed by atoms with van der Waals surface area (Å²) in [4.78, 5) is 0. The Morgan fingerprint density at radius 2 is 0.971 bits per heavy atom. The van der Waals surface area contributed by atoms with Gasteiger partial charge in [0.1, 0.15) is 0 Å². The number of hydrogen-bond donors (Lipinski definition) is 2. The number of phenols is 2. The maximum Gasteiger partial charge on any atom is 2.00 e. The standard InChI is InChI=1S/2C7H4F4O.2C5H5.Zr/c2*8-5-3-4(7(9,10)11)1-2-6(5)12;2*1-2-4-5-3-1;/h2*1-3,12H;2*1-3H,4H2;/q;;2*-1;+2. The van der Waals surface area contributed by atoms with Gasteiger partial charge >= 0.3 is 38.6 Å². The summed E-state index contributed by atoms with van der Waals surface area (Å²) in [6.45, 7) is 0. The van der Waals surface area contributed by atoms with Crippen LogP contribution in [-0.4, -0.2) is 10.2 Å². The third-order valence-corrected chi connectivity index (χ3v) is 3.72. The molecule has 0 spiro atoms. The molecule has 35 heavy (non-hydrogen) atoms. The molecule has 186 valence electrons. The average molecular weight is 582 g/mol. The Labute approximate surface area is 215 Å². The van der Waals surface area contributed by atoms with E-state index >= 15 is 0 Å². The van der Waals surface area contributed by atoms with Gasteiger partial charge < -0.3 is 10.2 Å². The average Bonchev–Trinajstić information content (AvgIpc) is 3.50. The number of alkyl halides is 6. The van der Waals surface area contributed by atoms with Crippen LogP contribution in [-0.2, 0) is 38.6 Å². The maximum absolute atomic E-state index is 12.4. The summed E-state index contributed by atoms with van der Waals surface area (Å²) < 4.78 is 95.8. The van der Waals surface area contributed by atoms with Gasteiger partial charge in [0.2, 0.25) is 0 Å². The van der Waals surface area contributed by atoms with Gasteiger partial charge in [-0.05, 0) is 36.4 Å². The van der Waals surface area contributed by atoms with Gasteiger partial charge in [-0.25, -0.2) is 33.1 Å². The number of rotatable bonds is 0. The van der Waals surface area contributed by atoms with Crippen molar-refractivity contribution < 1.29 is 71.5 Å². The molecule has 2 aromatic rings. The van der Waals surface area contributed by atoms with Crippen molar-refractivity contribution >= 4 is 0 Å². The van der Waals surface area contributed by atoms with E-state index < -0.39 is 46.6 Å². The van der Waals surface area contributed by atoms with Crippen LogP contribution in [0.5, 0.6) is 11.5 Å². The van der Waals surface area contributed by atoms with Crippen LogP contribution in [0.2, 0.25) is 0 Å². The van der Waals surface area contributed by atoms with E-state index in [4.69, 9.17) is 10.2 Å². The van der Waals surface area contributed by atoms with Crippen molar-refractivity contribution in [3.63, 3.8) is 0 Å². The number of aromatic hydroxyl groups is 2. The van der Waals surface area contributed by atoms with Crippen LogP contribution in [0.4, 0.5) is 35.1 Å². The van der Waals surface area contributed by atoms with E-state index in [9.17, 15) is 35.1 Å². The summed E-state index contributed by atoms with van der Waals surface area (Å²) in [6, 6.07) is 3.04. The molecule has 2 aromatic carbocycles. The van der Waals surface area contributed by atoms with Crippen molar-refractivity contribution in [1.82, 2.24) is 0 Å². The zero-order valence-electron chi connectivity index (χ0n) is 17.8. The topological polar surface area (TPSA) is 40.5 Å². The van der Waals surface area contributed by atoms with Crippen LogP contribution < -0.4 is 0 Å². The first-order chi connectivity index (χ1) is 15.8. The third kappa shape index (κ3) is 13.1. The molecule has 0 amide bonds. The molecular weight excluding hydrogens is 563 g/mol. The molecule has 2 nitrogen and oxygen atoms in total. The Hall–Kier alpha value is -2.68. The summed E-state index contributed by atoms with van der Waals surface area (Å²) in [5.74, 6) is -4.12. The summed E-state index contributed by atoms with van der Waals surface area (Å²) in [5, 5.41) is 17.1. The molecule has 2 N–H and O–H groups in total. The Kier molecular flexibility index (Phi) is 14.2. The van der Waals surface area contributed by atoms with Crippen LogP contribution in [0.25, 0.3) is 0 Å². The quantitative estimate of drug-likeness (QED) is 0.247. The predicted octanol–water partition coefficient (Wildman–Crippen LogP) is 7.71. The van der Waals surface area contributed by atoms with Crippen molar-refractivity contribution in [2.45, 2.75) is 25.2 Å². The first-order valence-electron chi connectivity index (χ1n) is 9.37. The normalized spacial score (nSPS) is 13.0. The maximum atomic E-state index is 12.4. The Balaban J connectivity index is 0.000000468. The van der Waals surface area contributed by atoms with E-state index in [1.54, 1.807) is 0 Å². The molecule has 0 radical (unpaired) electrons. The third-order valence-electron chi connectivity index (χ3n) is 3.72. The van der Waals surface area contributed by atoms with E-state index in [2.05, 4.69) is 24.3 Å². The fourth-order valence-electron chi connectivity index (χ4n) is 2.05. The monoisotopic (exact) mass is 580 g/mol. The summed E-state index contributed by atoms with van der Waals surface area (Å²) in [6.07, 6.45) is 10.9. The second-order valence-corrected chi connectivity index (χ2v) is 6.33. The van der Waals surface area contributed by atoms with Gasteiger partial charge in [-0.1, -0.05) is 0 Å². The fourth-order valence-corrected chi connectivity index (χ4v) is 2.05. The van der Waals surface area contributed by atoms with Gasteiger partial charge in [0.05, 0.1) is 11.1 Å². The van der Waals surface area contributed by atoms with E-state index in [0.29, 0.717) is 24.3 Å². The summed E-state index contributed by atoms with van der Waals surface area (Å²) in [7, 11) is 0. The largest absolute Gasteiger partial charge is 2.00 e. The van der Waals surface area contributed by atoms with Gasteiger partial charge in [-0.2, -0.15) is 38.5 Å². The Morgan fingerprint density at radius 3 is 1.14 bits per heavy atom. The minimum absolute atomic E-state index is 0. The zero-order chi connectivity index (χ0) is 25.8. The molecule has 4 rings (SSSR count). The van der Waals surface area contributed by atoms with Crippen LogP contribution >= 0.6 is 0 Å². The van der Waals surface area contributed by atoms with Crippen LogP contribution in [0.3, 0.4) is 0 Å². The SMILES string of the molecule is Oc1ccc(C(F)(F)F)cc1F.Oc1ccc(C(F)(F)F)cc1F.[C-]1=CC=CC1.[C-]1=CC=CC1.[Zr+2]. The van der Waals surface area contributed by atoms with Crippen molar-refractivity contribution in [2.75, 3.05) is 0 Å². The molecule has 2 aliphatic carbocycles. The molecule has 0 aromatic heterocycles. The van der Waals surface area contributed by atoms with Gasteiger partial charge in [-0.3, -0.25) is 12.2 Å². The first-order valence-corrected chi connectivity index (χ1v) is 9.37. The van der Waals surface area contributed by atoms with Crippen molar-refractivity contribution in [3.8, 4) is 11.5 Å². The predicted molar refractivity (Wildman–Crippen MR) is 109 cm³/mol. The van der Waals surface area contributed by atoms with E-state index in [-0.39, 0.29) is 38.3 Å². The minimum Gasteiger partial charge on any atom is -0.505 e. The summed E-state index contributed by atoms with van der Waals surface area (Å²) >= 11 is 0. The minimum atomic E-state index is -4.57. The molecule has 0 saturated heterocycles. The van der Waals surface area contributed by atoms with Gasteiger partial charge in [0.15, 0.2) is 23.1 Å². The Bertz CT molecular complexity index is 935. The number of allylic oxidation sites excluding steroid dienone is 8. The zero-order valence-corrected chi connectivity index (χ0v) is 20.2. The molecule has 0 bridgehead atoms. The van der Waals surface area contributed by atoms with Crippen LogP contribution in [0.15, 0.2) is 72.9 Å². The number of halogens is 8. The molecule has 0 aliphatic heterocycles. The molecule has 0 saturated carbocycles. The van der Waals surface area contributed by atoms with Crippen molar-refractivity contribution in [1.29, 1.82) is 0 Å².